The van der Waals surface area contributed by atoms with Crippen LogP contribution in [0.5, 0.6) is 0 Å². The number of carbonyl (C=O) groups is 2. The summed E-state index contributed by atoms with van der Waals surface area (Å²) in [5.74, 6) is -0.274. The van der Waals surface area contributed by atoms with Crippen molar-refractivity contribution in [2.24, 2.45) is 0 Å². The summed E-state index contributed by atoms with van der Waals surface area (Å²) in [7, 11) is 0. The van der Waals surface area contributed by atoms with Gasteiger partial charge in [0.1, 0.15) is 6.29 Å². The fourth-order valence-electron chi connectivity index (χ4n) is 0.990. The van der Waals surface area contributed by atoms with Crippen LogP contribution in [0, 0.1) is 6.92 Å². The van der Waals surface area contributed by atoms with Crippen LogP contribution in [0.1, 0.15) is 12.0 Å². The van der Waals surface area contributed by atoms with Gasteiger partial charge in [0.2, 0.25) is 5.91 Å². The van der Waals surface area contributed by atoms with Gasteiger partial charge in [-0.15, -0.1) is 0 Å². The molecular weight excluding hydrogens is 166 g/mol. The lowest BCUT2D eigenvalue weighted by Gasteiger charge is -2.05. The Hall–Kier alpha value is -1.64. The first kappa shape index (κ1) is 9.45. The summed E-state index contributed by atoms with van der Waals surface area (Å²) in [5, 5.41) is 2.64. The molecule has 0 saturated heterocycles. The average molecular weight is 177 g/mol. The predicted molar refractivity (Wildman–Crippen MR) is 50.5 cm³/mol. The smallest absolute Gasteiger partial charge is 0.231 e. The van der Waals surface area contributed by atoms with Gasteiger partial charge in [-0.2, -0.15) is 0 Å². The van der Waals surface area contributed by atoms with Gasteiger partial charge in [-0.3, -0.25) is 4.79 Å². The SMILES string of the molecule is Cc1ccccc1NC(=O)CC=O. The zero-order valence-corrected chi connectivity index (χ0v) is 7.41. The Balaban J connectivity index is 2.68. The minimum atomic E-state index is -0.274. The number of anilines is 1. The van der Waals surface area contributed by atoms with E-state index in [-0.39, 0.29) is 12.3 Å². The number of benzene rings is 1. The molecule has 0 aliphatic heterocycles. The van der Waals surface area contributed by atoms with E-state index < -0.39 is 0 Å². The summed E-state index contributed by atoms with van der Waals surface area (Å²) in [6, 6.07) is 7.43. The summed E-state index contributed by atoms with van der Waals surface area (Å²) >= 11 is 0. The molecule has 13 heavy (non-hydrogen) atoms. The molecule has 0 spiro atoms. The third kappa shape index (κ3) is 2.71. The summed E-state index contributed by atoms with van der Waals surface area (Å²) in [5.41, 5.74) is 1.75. The Morgan fingerprint density at radius 2 is 2.15 bits per heavy atom. The van der Waals surface area contributed by atoms with Crippen LogP contribution in [0.2, 0.25) is 0 Å². The molecule has 1 N–H and O–H groups in total. The molecule has 0 bridgehead atoms. The van der Waals surface area contributed by atoms with E-state index in [1.165, 1.54) is 0 Å². The van der Waals surface area contributed by atoms with Crippen LogP contribution < -0.4 is 5.32 Å². The lowest BCUT2D eigenvalue weighted by molar-refractivity contribution is -0.119. The second-order valence-electron chi connectivity index (χ2n) is 2.73. The van der Waals surface area contributed by atoms with Gasteiger partial charge in [0.25, 0.3) is 0 Å². The van der Waals surface area contributed by atoms with E-state index in [0.717, 1.165) is 11.3 Å². The third-order valence-corrected chi connectivity index (χ3v) is 1.69. The van der Waals surface area contributed by atoms with E-state index >= 15 is 0 Å². The van der Waals surface area contributed by atoms with Crippen LogP contribution in [-0.4, -0.2) is 12.2 Å². The van der Waals surface area contributed by atoms with Crippen molar-refractivity contribution in [2.45, 2.75) is 13.3 Å². The van der Waals surface area contributed by atoms with E-state index in [1.807, 2.05) is 25.1 Å². The Bertz CT molecular complexity index is 320. The largest absolute Gasteiger partial charge is 0.325 e. The number of hydrogen-bond donors (Lipinski definition) is 1. The minimum Gasteiger partial charge on any atom is -0.325 e. The van der Waals surface area contributed by atoms with Crippen molar-refractivity contribution in [1.82, 2.24) is 0 Å². The van der Waals surface area contributed by atoms with Crippen LogP contribution in [-0.2, 0) is 9.59 Å². The van der Waals surface area contributed by atoms with Gasteiger partial charge in [0.05, 0.1) is 6.42 Å². The van der Waals surface area contributed by atoms with Gasteiger partial charge >= 0.3 is 0 Å². The van der Waals surface area contributed by atoms with Crippen molar-refractivity contribution in [3.05, 3.63) is 29.8 Å². The zero-order valence-electron chi connectivity index (χ0n) is 7.41. The molecule has 0 aliphatic carbocycles. The molecule has 1 aromatic carbocycles. The maximum atomic E-state index is 11.0. The molecule has 0 heterocycles. The number of nitrogens with one attached hydrogen (secondary N) is 1. The monoisotopic (exact) mass is 177 g/mol. The highest BCUT2D eigenvalue weighted by Crippen LogP contribution is 2.12. The van der Waals surface area contributed by atoms with Crippen LogP contribution >= 0.6 is 0 Å². The third-order valence-electron chi connectivity index (χ3n) is 1.69. The van der Waals surface area contributed by atoms with Crippen molar-refractivity contribution < 1.29 is 9.59 Å². The number of rotatable bonds is 3. The highest BCUT2D eigenvalue weighted by molar-refractivity contribution is 5.98. The van der Waals surface area contributed by atoms with Gasteiger partial charge in [-0.25, -0.2) is 0 Å². The molecule has 0 unspecified atom stereocenters. The summed E-state index contributed by atoms with van der Waals surface area (Å²) in [6.45, 7) is 1.90. The maximum absolute atomic E-state index is 11.0. The number of carbonyl (C=O) groups excluding carboxylic acids is 2. The Morgan fingerprint density at radius 3 is 2.77 bits per heavy atom. The fourth-order valence-corrected chi connectivity index (χ4v) is 0.990. The first-order valence-electron chi connectivity index (χ1n) is 4.03. The molecule has 3 nitrogen and oxygen atoms in total. The molecule has 0 atom stereocenters. The van der Waals surface area contributed by atoms with E-state index in [9.17, 15) is 9.59 Å². The number of aldehydes is 1. The van der Waals surface area contributed by atoms with Crippen LogP contribution in [0.3, 0.4) is 0 Å². The number of para-hydroxylation sites is 1. The quantitative estimate of drug-likeness (QED) is 0.562. The van der Waals surface area contributed by atoms with Gasteiger partial charge in [-0.05, 0) is 18.6 Å². The van der Waals surface area contributed by atoms with Gasteiger partial charge in [-0.1, -0.05) is 18.2 Å². The molecule has 0 saturated carbocycles. The van der Waals surface area contributed by atoms with Gasteiger partial charge in [0, 0.05) is 5.69 Å². The van der Waals surface area contributed by atoms with E-state index in [1.54, 1.807) is 6.07 Å². The van der Waals surface area contributed by atoms with Crippen molar-refractivity contribution >= 4 is 17.9 Å². The van der Waals surface area contributed by atoms with Crippen LogP contribution in [0.25, 0.3) is 0 Å². The molecule has 1 amide bonds. The highest BCUT2D eigenvalue weighted by Gasteiger charge is 2.01. The second kappa shape index (κ2) is 4.40. The lowest BCUT2D eigenvalue weighted by Crippen LogP contribution is -2.12. The molecule has 0 radical (unpaired) electrons. The second-order valence-corrected chi connectivity index (χ2v) is 2.73. The molecule has 1 aromatic rings. The molecule has 0 fully saturated rings. The Kier molecular flexibility index (Phi) is 3.20. The minimum absolute atomic E-state index is 0.0890. The summed E-state index contributed by atoms with van der Waals surface area (Å²) < 4.78 is 0. The normalized spacial score (nSPS) is 9.31. The first-order valence-corrected chi connectivity index (χ1v) is 4.03. The first-order chi connectivity index (χ1) is 6.24. The molecule has 3 heteroatoms. The topological polar surface area (TPSA) is 46.2 Å². The number of hydrogen-bond acceptors (Lipinski definition) is 2. The number of aryl methyl sites for hydroxylation is 1. The fraction of sp³-hybridized carbons (Fsp3) is 0.200. The van der Waals surface area contributed by atoms with Gasteiger partial charge < -0.3 is 10.1 Å². The Labute approximate surface area is 76.8 Å². The average Bonchev–Trinajstić information content (AvgIpc) is 2.09. The molecule has 0 aliphatic rings. The molecular formula is C10H11NO2. The van der Waals surface area contributed by atoms with Crippen LogP contribution in [0.4, 0.5) is 5.69 Å². The van der Waals surface area contributed by atoms with Crippen LogP contribution in [0.15, 0.2) is 24.3 Å². The highest BCUT2D eigenvalue weighted by atomic mass is 16.2. The van der Waals surface area contributed by atoms with E-state index in [2.05, 4.69) is 5.32 Å². The van der Waals surface area contributed by atoms with Crippen molar-refractivity contribution in [3.63, 3.8) is 0 Å². The summed E-state index contributed by atoms with van der Waals surface area (Å²) in [6.07, 6.45) is 0.502. The summed E-state index contributed by atoms with van der Waals surface area (Å²) in [4.78, 5) is 21.1. The van der Waals surface area contributed by atoms with E-state index in [0.29, 0.717) is 6.29 Å². The maximum Gasteiger partial charge on any atom is 0.231 e. The molecule has 0 aromatic heterocycles. The molecule has 1 rings (SSSR count). The lowest BCUT2D eigenvalue weighted by atomic mass is 10.2. The zero-order chi connectivity index (χ0) is 9.68. The predicted octanol–water partition coefficient (Wildman–Crippen LogP) is 1.52. The van der Waals surface area contributed by atoms with Crippen molar-refractivity contribution in [1.29, 1.82) is 0 Å². The van der Waals surface area contributed by atoms with Crippen molar-refractivity contribution in [3.8, 4) is 0 Å². The Morgan fingerprint density at radius 1 is 1.46 bits per heavy atom. The van der Waals surface area contributed by atoms with Crippen molar-refractivity contribution in [2.75, 3.05) is 5.32 Å². The molecule has 68 valence electrons. The standard InChI is InChI=1S/C10H11NO2/c1-8-4-2-3-5-9(8)11-10(13)6-7-12/h2-5,7H,6H2,1H3,(H,11,13). The number of amides is 1. The van der Waals surface area contributed by atoms with Gasteiger partial charge in [0.15, 0.2) is 0 Å². The van der Waals surface area contributed by atoms with E-state index in [4.69, 9.17) is 0 Å².